The van der Waals surface area contributed by atoms with Crippen molar-refractivity contribution in [2.75, 3.05) is 0 Å². The van der Waals surface area contributed by atoms with E-state index in [0.29, 0.717) is 6.07 Å². The molecule has 1 aromatic carbocycles. The average molecular weight is 285 g/mol. The summed E-state index contributed by atoms with van der Waals surface area (Å²) >= 11 is 0. The van der Waals surface area contributed by atoms with Gasteiger partial charge in [0.1, 0.15) is 11.5 Å². The van der Waals surface area contributed by atoms with Crippen LogP contribution in [0.15, 0.2) is 36.4 Å². The fourth-order valence-corrected chi connectivity index (χ4v) is 1.62. The summed E-state index contributed by atoms with van der Waals surface area (Å²) in [6.07, 6.45) is -4.69. The number of benzene rings is 1. The molecule has 104 valence electrons. The van der Waals surface area contributed by atoms with Gasteiger partial charge >= 0.3 is 12.1 Å². The van der Waals surface area contributed by atoms with Gasteiger partial charge in [0.15, 0.2) is 0 Å². The van der Waals surface area contributed by atoms with Crippen molar-refractivity contribution in [3.63, 3.8) is 0 Å². The van der Waals surface area contributed by atoms with Crippen molar-refractivity contribution in [2.24, 2.45) is 0 Å². The van der Waals surface area contributed by atoms with Crippen LogP contribution in [-0.4, -0.2) is 16.1 Å². The van der Waals surface area contributed by atoms with Crippen molar-refractivity contribution in [3.8, 4) is 11.3 Å². The summed E-state index contributed by atoms with van der Waals surface area (Å²) in [6, 6.07) is 5.80. The second-order valence-corrected chi connectivity index (χ2v) is 3.90. The second-order valence-electron chi connectivity index (χ2n) is 3.90. The van der Waals surface area contributed by atoms with E-state index in [1.165, 1.54) is 12.1 Å². The van der Waals surface area contributed by atoms with Crippen LogP contribution in [0.1, 0.15) is 16.1 Å². The number of carbonyl (C=O) groups is 1. The largest absolute Gasteiger partial charge is 0.478 e. The van der Waals surface area contributed by atoms with Crippen LogP contribution in [0.4, 0.5) is 17.6 Å². The summed E-state index contributed by atoms with van der Waals surface area (Å²) in [5.74, 6) is -2.00. The summed E-state index contributed by atoms with van der Waals surface area (Å²) < 4.78 is 50.6. The Bertz CT molecular complexity index is 650. The first-order valence-corrected chi connectivity index (χ1v) is 5.36. The van der Waals surface area contributed by atoms with Crippen LogP contribution in [0.3, 0.4) is 0 Å². The minimum Gasteiger partial charge on any atom is -0.478 e. The SMILES string of the molecule is O=C(O)c1ccc(C(F)(F)F)nc1-c1ccc(F)cc1. The van der Waals surface area contributed by atoms with Crippen molar-refractivity contribution in [2.45, 2.75) is 6.18 Å². The minimum atomic E-state index is -4.69. The number of carboxylic acid groups (broad SMARTS) is 1. The maximum absolute atomic E-state index is 12.8. The summed E-state index contributed by atoms with van der Waals surface area (Å²) in [4.78, 5) is 14.4. The van der Waals surface area contributed by atoms with Crippen molar-refractivity contribution >= 4 is 5.97 Å². The van der Waals surface area contributed by atoms with E-state index in [-0.39, 0.29) is 16.8 Å². The number of alkyl halides is 3. The van der Waals surface area contributed by atoms with Crippen LogP contribution in [0.2, 0.25) is 0 Å². The van der Waals surface area contributed by atoms with Gasteiger partial charge < -0.3 is 5.11 Å². The zero-order valence-corrected chi connectivity index (χ0v) is 9.78. The molecule has 0 radical (unpaired) electrons. The first kappa shape index (κ1) is 14.0. The van der Waals surface area contributed by atoms with E-state index in [1.54, 1.807) is 0 Å². The lowest BCUT2D eigenvalue weighted by molar-refractivity contribution is -0.141. The Morgan fingerprint density at radius 3 is 2.15 bits per heavy atom. The van der Waals surface area contributed by atoms with E-state index in [0.717, 1.165) is 18.2 Å². The Hall–Kier alpha value is -2.44. The zero-order valence-electron chi connectivity index (χ0n) is 9.78. The summed E-state index contributed by atoms with van der Waals surface area (Å²) in [5, 5.41) is 8.98. The highest BCUT2D eigenvalue weighted by Gasteiger charge is 2.33. The van der Waals surface area contributed by atoms with Crippen molar-refractivity contribution in [3.05, 3.63) is 53.5 Å². The van der Waals surface area contributed by atoms with Crippen LogP contribution < -0.4 is 0 Å². The molecule has 0 fully saturated rings. The first-order chi connectivity index (χ1) is 9.29. The van der Waals surface area contributed by atoms with Gasteiger partial charge in [-0.3, -0.25) is 0 Å². The van der Waals surface area contributed by atoms with E-state index in [1.807, 2.05) is 0 Å². The first-order valence-electron chi connectivity index (χ1n) is 5.36. The van der Waals surface area contributed by atoms with Gasteiger partial charge in [0.25, 0.3) is 0 Å². The molecule has 7 heteroatoms. The fraction of sp³-hybridized carbons (Fsp3) is 0.0769. The van der Waals surface area contributed by atoms with Crippen LogP contribution in [-0.2, 0) is 6.18 Å². The monoisotopic (exact) mass is 285 g/mol. The van der Waals surface area contributed by atoms with Crippen LogP contribution in [0.5, 0.6) is 0 Å². The molecule has 0 aliphatic heterocycles. The molecule has 0 spiro atoms. The molecule has 0 saturated heterocycles. The third-order valence-corrected chi connectivity index (χ3v) is 2.53. The predicted octanol–water partition coefficient (Wildman–Crippen LogP) is 3.60. The number of aromatic carboxylic acids is 1. The van der Waals surface area contributed by atoms with E-state index < -0.39 is 23.7 Å². The molecule has 20 heavy (non-hydrogen) atoms. The molecule has 0 aliphatic rings. The molecule has 0 atom stereocenters. The lowest BCUT2D eigenvalue weighted by Gasteiger charge is -2.10. The number of carboxylic acids is 1. The van der Waals surface area contributed by atoms with Crippen LogP contribution >= 0.6 is 0 Å². The van der Waals surface area contributed by atoms with Gasteiger partial charge in [0.05, 0.1) is 11.3 Å². The number of pyridine rings is 1. The Balaban J connectivity index is 2.64. The second kappa shape index (κ2) is 4.92. The number of hydrogen-bond acceptors (Lipinski definition) is 2. The maximum Gasteiger partial charge on any atom is 0.433 e. The third-order valence-electron chi connectivity index (χ3n) is 2.53. The molecule has 3 nitrogen and oxygen atoms in total. The zero-order chi connectivity index (χ0) is 14.9. The van der Waals surface area contributed by atoms with Crippen molar-refractivity contribution in [1.29, 1.82) is 0 Å². The minimum absolute atomic E-state index is 0.0925. The third kappa shape index (κ3) is 2.76. The Morgan fingerprint density at radius 1 is 1.05 bits per heavy atom. The topological polar surface area (TPSA) is 50.2 Å². The van der Waals surface area contributed by atoms with Gasteiger partial charge in [-0.1, -0.05) is 0 Å². The molecular formula is C13H7F4NO2. The summed E-state index contributed by atoms with van der Waals surface area (Å²) in [7, 11) is 0. The molecule has 2 rings (SSSR count). The number of aromatic nitrogens is 1. The summed E-state index contributed by atoms with van der Waals surface area (Å²) in [5.41, 5.74) is -1.85. The number of halogens is 4. The molecule has 0 saturated carbocycles. The van der Waals surface area contributed by atoms with Crippen LogP contribution in [0.25, 0.3) is 11.3 Å². The maximum atomic E-state index is 12.8. The van der Waals surface area contributed by atoms with Crippen LogP contribution in [0, 0.1) is 5.82 Å². The van der Waals surface area contributed by atoms with Gasteiger partial charge in [-0.2, -0.15) is 13.2 Å². The van der Waals surface area contributed by atoms with Gasteiger partial charge in [-0.25, -0.2) is 14.2 Å². The molecular weight excluding hydrogens is 278 g/mol. The van der Waals surface area contributed by atoms with Gasteiger partial charge in [0, 0.05) is 5.56 Å². The highest BCUT2D eigenvalue weighted by atomic mass is 19.4. The fourth-order valence-electron chi connectivity index (χ4n) is 1.62. The van der Waals surface area contributed by atoms with Gasteiger partial charge in [-0.05, 0) is 36.4 Å². The number of rotatable bonds is 2. The molecule has 1 N–H and O–H groups in total. The molecule has 1 aromatic heterocycles. The smallest absolute Gasteiger partial charge is 0.433 e. The Morgan fingerprint density at radius 2 is 1.65 bits per heavy atom. The molecule has 0 bridgehead atoms. The van der Waals surface area contributed by atoms with E-state index in [2.05, 4.69) is 4.98 Å². The van der Waals surface area contributed by atoms with Gasteiger partial charge in [-0.15, -0.1) is 0 Å². The normalized spacial score (nSPS) is 11.4. The Kier molecular flexibility index (Phi) is 3.44. The van der Waals surface area contributed by atoms with Gasteiger partial charge in [0.2, 0.25) is 0 Å². The van der Waals surface area contributed by atoms with E-state index in [9.17, 15) is 22.4 Å². The summed E-state index contributed by atoms with van der Waals surface area (Å²) in [6.45, 7) is 0. The Labute approximate surface area is 110 Å². The van der Waals surface area contributed by atoms with E-state index in [4.69, 9.17) is 5.11 Å². The molecule has 0 aliphatic carbocycles. The highest BCUT2D eigenvalue weighted by Crippen LogP contribution is 2.31. The average Bonchev–Trinajstić information content (AvgIpc) is 2.37. The number of nitrogens with zero attached hydrogens (tertiary/aromatic N) is 1. The lowest BCUT2D eigenvalue weighted by atomic mass is 10.0. The van der Waals surface area contributed by atoms with Crippen molar-refractivity contribution in [1.82, 2.24) is 4.98 Å². The predicted molar refractivity (Wildman–Crippen MR) is 61.6 cm³/mol. The molecule has 0 unspecified atom stereocenters. The standard InChI is InChI=1S/C13H7F4NO2/c14-8-3-1-7(2-4-8)11-9(12(19)20)5-6-10(18-11)13(15,16)17/h1-6H,(H,19,20). The molecule has 0 amide bonds. The molecule has 1 heterocycles. The lowest BCUT2D eigenvalue weighted by Crippen LogP contribution is -2.11. The number of hydrogen-bond donors (Lipinski definition) is 1. The molecule has 2 aromatic rings. The highest BCUT2D eigenvalue weighted by molar-refractivity contribution is 5.94. The van der Waals surface area contributed by atoms with Crippen molar-refractivity contribution < 1.29 is 27.5 Å². The quantitative estimate of drug-likeness (QED) is 0.858. The van der Waals surface area contributed by atoms with E-state index >= 15 is 0 Å².